The lowest BCUT2D eigenvalue weighted by atomic mass is 10.00. The van der Waals surface area contributed by atoms with Crippen molar-refractivity contribution in [1.82, 2.24) is 4.98 Å². The Balaban J connectivity index is 1.83. The molecule has 2 unspecified atom stereocenters. The van der Waals surface area contributed by atoms with Crippen LogP contribution < -0.4 is 5.32 Å². The van der Waals surface area contributed by atoms with Crippen LogP contribution in [0.1, 0.15) is 19.8 Å². The Kier molecular flexibility index (Phi) is 3.56. The van der Waals surface area contributed by atoms with Crippen LogP contribution in [0.15, 0.2) is 24.4 Å². The minimum atomic E-state index is 0.432. The van der Waals surface area contributed by atoms with Gasteiger partial charge in [-0.15, -0.1) is 0 Å². The molecule has 1 aliphatic rings. The number of nitrogens with one attached hydrogen (secondary N) is 1. The third-order valence-corrected chi connectivity index (χ3v) is 2.96. The lowest BCUT2D eigenvalue weighted by Crippen LogP contribution is -2.23. The summed E-state index contributed by atoms with van der Waals surface area (Å²) in [5, 5.41) is 3.36. The van der Waals surface area contributed by atoms with Crippen LogP contribution in [0.4, 0.5) is 5.82 Å². The van der Waals surface area contributed by atoms with E-state index in [4.69, 9.17) is 4.74 Å². The molecule has 0 spiro atoms. The van der Waals surface area contributed by atoms with E-state index in [0.717, 1.165) is 25.4 Å². The predicted octanol–water partition coefficient (Wildman–Crippen LogP) is 2.31. The third-order valence-electron chi connectivity index (χ3n) is 2.96. The first kappa shape index (κ1) is 10.4. The summed E-state index contributed by atoms with van der Waals surface area (Å²) >= 11 is 0. The van der Waals surface area contributed by atoms with Crippen molar-refractivity contribution in [2.24, 2.45) is 5.92 Å². The number of hydrogen-bond donors (Lipinski definition) is 1. The molecule has 2 rings (SSSR count). The minimum Gasteiger partial charge on any atom is -0.378 e. The molecule has 15 heavy (non-hydrogen) atoms. The van der Waals surface area contributed by atoms with E-state index < -0.39 is 0 Å². The second kappa shape index (κ2) is 5.12. The van der Waals surface area contributed by atoms with Crippen molar-refractivity contribution in [3.63, 3.8) is 0 Å². The Morgan fingerprint density at radius 2 is 2.47 bits per heavy atom. The van der Waals surface area contributed by atoms with Crippen LogP contribution >= 0.6 is 0 Å². The average molecular weight is 206 g/mol. The van der Waals surface area contributed by atoms with Crippen molar-refractivity contribution in [1.29, 1.82) is 0 Å². The number of ether oxygens (including phenoxy) is 1. The molecule has 0 bridgehead atoms. The molecule has 3 heteroatoms. The van der Waals surface area contributed by atoms with Gasteiger partial charge in [0.2, 0.25) is 0 Å². The van der Waals surface area contributed by atoms with Crippen LogP contribution in [-0.4, -0.2) is 24.2 Å². The number of aromatic nitrogens is 1. The topological polar surface area (TPSA) is 34.1 Å². The Morgan fingerprint density at radius 3 is 3.20 bits per heavy atom. The second-order valence-corrected chi connectivity index (χ2v) is 3.96. The molecule has 82 valence electrons. The van der Waals surface area contributed by atoms with Gasteiger partial charge >= 0.3 is 0 Å². The first-order valence-electron chi connectivity index (χ1n) is 5.66. The molecule has 0 saturated carbocycles. The first-order valence-corrected chi connectivity index (χ1v) is 5.66. The molecule has 1 fully saturated rings. The van der Waals surface area contributed by atoms with Gasteiger partial charge in [0.1, 0.15) is 5.82 Å². The van der Waals surface area contributed by atoms with E-state index in [2.05, 4.69) is 17.2 Å². The minimum absolute atomic E-state index is 0.432. The average Bonchev–Trinajstić information content (AvgIpc) is 2.75. The maximum Gasteiger partial charge on any atom is 0.125 e. The quantitative estimate of drug-likeness (QED) is 0.820. The molecule has 3 nitrogen and oxygen atoms in total. The lowest BCUT2D eigenvalue weighted by Gasteiger charge is -2.17. The van der Waals surface area contributed by atoms with Gasteiger partial charge in [0, 0.05) is 25.3 Å². The summed E-state index contributed by atoms with van der Waals surface area (Å²) in [6.07, 6.45) is 4.51. The molecule has 1 saturated heterocycles. The van der Waals surface area contributed by atoms with Gasteiger partial charge < -0.3 is 10.1 Å². The fourth-order valence-electron chi connectivity index (χ4n) is 2.08. The summed E-state index contributed by atoms with van der Waals surface area (Å²) in [5.41, 5.74) is 0. The van der Waals surface area contributed by atoms with Gasteiger partial charge in [-0.1, -0.05) is 13.0 Å². The second-order valence-electron chi connectivity index (χ2n) is 3.96. The highest BCUT2D eigenvalue weighted by Crippen LogP contribution is 2.23. The largest absolute Gasteiger partial charge is 0.378 e. The predicted molar refractivity (Wildman–Crippen MR) is 60.9 cm³/mol. The molecule has 2 atom stereocenters. The van der Waals surface area contributed by atoms with Gasteiger partial charge in [-0.2, -0.15) is 0 Å². The van der Waals surface area contributed by atoms with E-state index >= 15 is 0 Å². The van der Waals surface area contributed by atoms with Crippen LogP contribution in [0.5, 0.6) is 0 Å². The molecular weight excluding hydrogens is 188 g/mol. The van der Waals surface area contributed by atoms with Crippen LogP contribution in [0.25, 0.3) is 0 Å². The van der Waals surface area contributed by atoms with Crippen LogP contribution in [0.2, 0.25) is 0 Å². The Bertz CT molecular complexity index is 289. The first-order chi connectivity index (χ1) is 7.40. The maximum absolute atomic E-state index is 5.64. The van der Waals surface area contributed by atoms with Gasteiger partial charge in [0.25, 0.3) is 0 Å². The normalized spacial score (nSPS) is 25.4. The summed E-state index contributed by atoms with van der Waals surface area (Å²) in [5.74, 6) is 1.59. The molecule has 1 aliphatic heterocycles. The number of anilines is 1. The van der Waals surface area contributed by atoms with Gasteiger partial charge in [-0.3, -0.25) is 0 Å². The standard InChI is InChI=1S/C12H18N2O/c1-2-11-10(6-8-15-11)9-14-12-5-3-4-7-13-12/h3-5,7,10-11H,2,6,8-9H2,1H3,(H,13,14). The van der Waals surface area contributed by atoms with Gasteiger partial charge in [0.15, 0.2) is 0 Å². The SMILES string of the molecule is CCC1OCCC1CNc1ccccn1. The Hall–Kier alpha value is -1.09. The molecule has 0 amide bonds. The zero-order chi connectivity index (χ0) is 10.5. The number of hydrogen-bond acceptors (Lipinski definition) is 3. The molecule has 0 aliphatic carbocycles. The lowest BCUT2D eigenvalue weighted by molar-refractivity contribution is 0.0900. The summed E-state index contributed by atoms with van der Waals surface area (Å²) < 4.78 is 5.64. The maximum atomic E-state index is 5.64. The molecular formula is C12H18N2O. The van der Waals surface area contributed by atoms with E-state index in [-0.39, 0.29) is 0 Å². The Morgan fingerprint density at radius 1 is 1.53 bits per heavy atom. The zero-order valence-corrected chi connectivity index (χ0v) is 9.15. The molecule has 0 aromatic carbocycles. The van der Waals surface area contributed by atoms with E-state index in [9.17, 15) is 0 Å². The van der Waals surface area contributed by atoms with Gasteiger partial charge in [0.05, 0.1) is 6.10 Å². The third kappa shape index (κ3) is 2.69. The summed E-state index contributed by atoms with van der Waals surface area (Å²) in [6.45, 7) is 4.06. The molecule has 0 radical (unpaired) electrons. The zero-order valence-electron chi connectivity index (χ0n) is 9.15. The van der Waals surface area contributed by atoms with Crippen molar-refractivity contribution in [3.05, 3.63) is 24.4 Å². The van der Waals surface area contributed by atoms with E-state index in [1.807, 2.05) is 24.4 Å². The molecule has 1 aromatic heterocycles. The van der Waals surface area contributed by atoms with Crippen molar-refractivity contribution >= 4 is 5.82 Å². The molecule has 1 N–H and O–H groups in total. The monoisotopic (exact) mass is 206 g/mol. The fourth-order valence-corrected chi connectivity index (χ4v) is 2.08. The summed E-state index contributed by atoms with van der Waals surface area (Å²) in [6, 6.07) is 5.92. The van der Waals surface area contributed by atoms with E-state index in [0.29, 0.717) is 12.0 Å². The highest BCUT2D eigenvalue weighted by atomic mass is 16.5. The van der Waals surface area contributed by atoms with Crippen molar-refractivity contribution in [2.45, 2.75) is 25.9 Å². The highest BCUT2D eigenvalue weighted by Gasteiger charge is 2.26. The van der Waals surface area contributed by atoms with Gasteiger partial charge in [-0.25, -0.2) is 4.98 Å². The van der Waals surface area contributed by atoms with E-state index in [1.165, 1.54) is 6.42 Å². The van der Waals surface area contributed by atoms with Crippen molar-refractivity contribution in [2.75, 3.05) is 18.5 Å². The van der Waals surface area contributed by atoms with Crippen molar-refractivity contribution in [3.8, 4) is 0 Å². The van der Waals surface area contributed by atoms with Crippen LogP contribution in [-0.2, 0) is 4.74 Å². The number of pyridine rings is 1. The summed E-state index contributed by atoms with van der Waals surface area (Å²) in [4.78, 5) is 4.24. The summed E-state index contributed by atoms with van der Waals surface area (Å²) in [7, 11) is 0. The van der Waals surface area contributed by atoms with Gasteiger partial charge in [-0.05, 0) is 25.0 Å². The van der Waals surface area contributed by atoms with Crippen molar-refractivity contribution < 1.29 is 4.74 Å². The smallest absolute Gasteiger partial charge is 0.125 e. The highest BCUT2D eigenvalue weighted by molar-refractivity contribution is 5.33. The van der Waals surface area contributed by atoms with E-state index in [1.54, 1.807) is 0 Å². The number of rotatable bonds is 4. The fraction of sp³-hybridized carbons (Fsp3) is 0.583. The van der Waals surface area contributed by atoms with Crippen LogP contribution in [0, 0.1) is 5.92 Å². The van der Waals surface area contributed by atoms with Crippen LogP contribution in [0.3, 0.4) is 0 Å². The Labute approximate surface area is 90.9 Å². The number of nitrogens with zero attached hydrogens (tertiary/aromatic N) is 1. The molecule has 1 aromatic rings. The molecule has 2 heterocycles.